The number of benzene rings is 1. The summed E-state index contributed by atoms with van der Waals surface area (Å²) in [5.41, 5.74) is 8.51. The molecule has 0 fully saturated rings. The quantitative estimate of drug-likeness (QED) is 0.438. The summed E-state index contributed by atoms with van der Waals surface area (Å²) in [7, 11) is 0. The minimum absolute atomic E-state index is 0.299. The summed E-state index contributed by atoms with van der Waals surface area (Å²) in [5, 5.41) is 10.2. The van der Waals surface area contributed by atoms with Gasteiger partial charge < -0.3 is 5.73 Å². The molecule has 3 aromatic rings. The number of pyridine rings is 2. The van der Waals surface area contributed by atoms with Crippen LogP contribution in [0.3, 0.4) is 0 Å². The Labute approximate surface area is 122 Å². The van der Waals surface area contributed by atoms with E-state index < -0.39 is 0 Å². The van der Waals surface area contributed by atoms with Crippen molar-refractivity contribution in [1.82, 2.24) is 9.97 Å². The molecule has 0 spiro atoms. The van der Waals surface area contributed by atoms with Crippen LogP contribution in [0.1, 0.15) is 18.2 Å². The SMILES string of the molecule is CCc1nc2c(C(N)=NC=N)cccc2c2cnccc12. The van der Waals surface area contributed by atoms with E-state index in [0.717, 1.165) is 45.7 Å². The van der Waals surface area contributed by atoms with Gasteiger partial charge in [0.05, 0.1) is 5.52 Å². The molecule has 0 amide bonds. The number of aliphatic imine (C=N–C) groups is 1. The van der Waals surface area contributed by atoms with Gasteiger partial charge in [0.2, 0.25) is 0 Å². The zero-order valence-electron chi connectivity index (χ0n) is 11.7. The van der Waals surface area contributed by atoms with Crippen LogP contribution in [0.2, 0.25) is 0 Å². The van der Waals surface area contributed by atoms with E-state index in [1.54, 1.807) is 6.20 Å². The van der Waals surface area contributed by atoms with Gasteiger partial charge in [-0.1, -0.05) is 19.1 Å². The maximum Gasteiger partial charge on any atom is 0.134 e. The Morgan fingerprint density at radius 2 is 2.14 bits per heavy atom. The van der Waals surface area contributed by atoms with Crippen molar-refractivity contribution in [2.75, 3.05) is 0 Å². The lowest BCUT2D eigenvalue weighted by atomic mass is 10.0. The van der Waals surface area contributed by atoms with Gasteiger partial charge in [-0.2, -0.15) is 0 Å². The highest BCUT2D eigenvalue weighted by Gasteiger charge is 2.12. The van der Waals surface area contributed by atoms with Crippen LogP contribution in [0.5, 0.6) is 0 Å². The molecule has 2 heterocycles. The predicted molar refractivity (Wildman–Crippen MR) is 85.9 cm³/mol. The van der Waals surface area contributed by atoms with E-state index in [0.29, 0.717) is 5.84 Å². The summed E-state index contributed by atoms with van der Waals surface area (Å²) in [6, 6.07) is 7.79. The molecule has 0 aliphatic carbocycles. The van der Waals surface area contributed by atoms with Crippen molar-refractivity contribution in [2.45, 2.75) is 13.3 Å². The summed E-state index contributed by atoms with van der Waals surface area (Å²) >= 11 is 0. The Bertz CT molecular complexity index is 867. The molecule has 5 heteroatoms. The molecule has 3 N–H and O–H groups in total. The Morgan fingerprint density at radius 1 is 1.29 bits per heavy atom. The van der Waals surface area contributed by atoms with Crippen molar-refractivity contribution in [2.24, 2.45) is 10.7 Å². The number of hydrogen-bond acceptors (Lipinski definition) is 3. The van der Waals surface area contributed by atoms with Crippen LogP contribution in [0.15, 0.2) is 41.7 Å². The van der Waals surface area contributed by atoms with Crippen LogP contribution < -0.4 is 5.73 Å². The van der Waals surface area contributed by atoms with E-state index in [4.69, 9.17) is 16.1 Å². The van der Waals surface area contributed by atoms with Gasteiger partial charge in [-0.3, -0.25) is 15.4 Å². The Morgan fingerprint density at radius 3 is 2.90 bits per heavy atom. The smallest absolute Gasteiger partial charge is 0.134 e. The molecule has 21 heavy (non-hydrogen) atoms. The molecule has 0 aliphatic heterocycles. The van der Waals surface area contributed by atoms with E-state index >= 15 is 0 Å². The van der Waals surface area contributed by atoms with E-state index in [1.165, 1.54) is 0 Å². The second-order valence-corrected chi connectivity index (χ2v) is 4.68. The maximum atomic E-state index is 7.08. The molecule has 0 atom stereocenters. The average molecular weight is 277 g/mol. The standard InChI is InChI=1S/C16H15N5/c1-2-14-10-6-7-19-8-13(10)11-4-3-5-12(15(11)21-14)16(18)20-9-17/h3-9H,2H2,1H3,(H3,17,18,20). The Hall–Kier alpha value is -2.82. The molecule has 1 aromatic carbocycles. The Balaban J connectivity index is 2.47. The van der Waals surface area contributed by atoms with Gasteiger partial charge >= 0.3 is 0 Å². The van der Waals surface area contributed by atoms with Gasteiger partial charge in [-0.25, -0.2) is 4.99 Å². The zero-order chi connectivity index (χ0) is 14.8. The number of fused-ring (bicyclic) bond motifs is 3. The molecule has 0 bridgehead atoms. The fraction of sp³-hybridized carbons (Fsp3) is 0.125. The van der Waals surface area contributed by atoms with Gasteiger partial charge in [0.25, 0.3) is 0 Å². The third-order valence-corrected chi connectivity index (χ3v) is 3.52. The summed E-state index contributed by atoms with van der Waals surface area (Å²) in [6.07, 6.45) is 5.40. The van der Waals surface area contributed by atoms with Gasteiger partial charge in [-0.15, -0.1) is 0 Å². The molecular weight excluding hydrogens is 262 g/mol. The van der Waals surface area contributed by atoms with Crippen LogP contribution in [-0.4, -0.2) is 22.1 Å². The van der Waals surface area contributed by atoms with Crippen LogP contribution in [-0.2, 0) is 6.42 Å². The fourth-order valence-electron chi connectivity index (χ4n) is 2.55. The summed E-state index contributed by atoms with van der Waals surface area (Å²) in [4.78, 5) is 12.8. The highest BCUT2D eigenvalue weighted by Crippen LogP contribution is 2.27. The topological polar surface area (TPSA) is 88.0 Å². The lowest BCUT2D eigenvalue weighted by Crippen LogP contribution is -2.14. The van der Waals surface area contributed by atoms with Crippen LogP contribution in [0.25, 0.3) is 21.7 Å². The zero-order valence-corrected chi connectivity index (χ0v) is 11.7. The number of aryl methyl sites for hydroxylation is 1. The van der Waals surface area contributed by atoms with Crippen molar-refractivity contribution < 1.29 is 0 Å². The summed E-state index contributed by atoms with van der Waals surface area (Å²) in [6.45, 7) is 2.08. The minimum atomic E-state index is 0.299. The summed E-state index contributed by atoms with van der Waals surface area (Å²) < 4.78 is 0. The summed E-state index contributed by atoms with van der Waals surface area (Å²) in [5.74, 6) is 0.299. The molecule has 3 rings (SSSR count). The Kier molecular flexibility index (Phi) is 3.31. The number of para-hydroxylation sites is 1. The molecule has 2 aromatic heterocycles. The second-order valence-electron chi connectivity index (χ2n) is 4.68. The van der Waals surface area contributed by atoms with E-state index in [9.17, 15) is 0 Å². The lowest BCUT2D eigenvalue weighted by molar-refractivity contribution is 1.07. The molecule has 0 saturated carbocycles. The normalized spacial score (nSPS) is 12.0. The predicted octanol–water partition coefficient (Wildman–Crippen LogP) is 2.66. The fourth-order valence-corrected chi connectivity index (χ4v) is 2.55. The molecule has 104 valence electrons. The molecule has 5 nitrogen and oxygen atoms in total. The maximum absolute atomic E-state index is 7.08. The first-order valence-electron chi connectivity index (χ1n) is 6.74. The largest absolute Gasteiger partial charge is 0.383 e. The third kappa shape index (κ3) is 2.12. The van der Waals surface area contributed by atoms with Crippen LogP contribution in [0, 0.1) is 5.41 Å². The van der Waals surface area contributed by atoms with E-state index in [2.05, 4.69) is 16.9 Å². The van der Waals surface area contributed by atoms with Crippen molar-refractivity contribution in [3.8, 4) is 0 Å². The van der Waals surface area contributed by atoms with Crippen molar-refractivity contribution in [1.29, 1.82) is 5.41 Å². The number of aromatic nitrogens is 2. The minimum Gasteiger partial charge on any atom is -0.383 e. The molecule has 0 saturated heterocycles. The van der Waals surface area contributed by atoms with E-state index in [1.807, 2.05) is 30.5 Å². The monoisotopic (exact) mass is 277 g/mol. The van der Waals surface area contributed by atoms with Gasteiger partial charge in [0, 0.05) is 39.8 Å². The van der Waals surface area contributed by atoms with Gasteiger partial charge in [0.15, 0.2) is 0 Å². The van der Waals surface area contributed by atoms with E-state index in [-0.39, 0.29) is 0 Å². The highest BCUT2D eigenvalue weighted by molar-refractivity contribution is 6.15. The molecule has 0 aliphatic rings. The average Bonchev–Trinajstić information content (AvgIpc) is 2.53. The first-order valence-corrected chi connectivity index (χ1v) is 6.74. The first-order chi connectivity index (χ1) is 10.3. The van der Waals surface area contributed by atoms with Crippen molar-refractivity contribution in [3.63, 3.8) is 0 Å². The van der Waals surface area contributed by atoms with Crippen LogP contribution >= 0.6 is 0 Å². The first kappa shape index (κ1) is 13.2. The second kappa shape index (κ2) is 5.28. The third-order valence-electron chi connectivity index (χ3n) is 3.52. The highest BCUT2D eigenvalue weighted by atomic mass is 14.9. The molecule has 0 radical (unpaired) electrons. The number of amidine groups is 1. The van der Waals surface area contributed by atoms with Crippen LogP contribution in [0.4, 0.5) is 0 Å². The van der Waals surface area contributed by atoms with Gasteiger partial charge in [-0.05, 0) is 18.6 Å². The molecular formula is C16H15N5. The lowest BCUT2D eigenvalue weighted by Gasteiger charge is -2.10. The number of rotatable bonds is 3. The van der Waals surface area contributed by atoms with Crippen molar-refractivity contribution in [3.05, 3.63) is 47.9 Å². The molecule has 0 unspecified atom stereocenters. The number of nitrogens with one attached hydrogen (secondary N) is 1. The van der Waals surface area contributed by atoms with Crippen molar-refractivity contribution >= 4 is 33.8 Å². The van der Waals surface area contributed by atoms with Gasteiger partial charge in [0.1, 0.15) is 12.2 Å². The number of nitrogens with two attached hydrogens (primary N) is 1. The number of hydrogen-bond donors (Lipinski definition) is 2. The number of nitrogens with zero attached hydrogens (tertiary/aromatic N) is 3.